The van der Waals surface area contributed by atoms with Crippen molar-refractivity contribution in [3.63, 3.8) is 0 Å². The molecule has 136 valence electrons. The zero-order valence-corrected chi connectivity index (χ0v) is 15.4. The summed E-state index contributed by atoms with van der Waals surface area (Å²) >= 11 is 6.27. The van der Waals surface area contributed by atoms with Crippen LogP contribution >= 0.6 is 11.6 Å². The van der Waals surface area contributed by atoms with Crippen molar-refractivity contribution < 1.29 is 9.47 Å². The first-order valence-electron chi connectivity index (χ1n) is 8.71. The highest BCUT2D eigenvalue weighted by atomic mass is 35.5. The summed E-state index contributed by atoms with van der Waals surface area (Å²) in [4.78, 5) is 6.70. The third-order valence-electron chi connectivity index (χ3n) is 4.55. The number of hydrogen-bond donors (Lipinski definition) is 0. The van der Waals surface area contributed by atoms with Gasteiger partial charge in [0.2, 0.25) is 0 Å². The van der Waals surface area contributed by atoms with Crippen LogP contribution < -0.4 is 4.90 Å². The lowest BCUT2D eigenvalue weighted by Gasteiger charge is -2.28. The van der Waals surface area contributed by atoms with E-state index in [2.05, 4.69) is 9.88 Å². The zero-order chi connectivity index (χ0) is 17.9. The van der Waals surface area contributed by atoms with Crippen LogP contribution in [0.5, 0.6) is 0 Å². The molecule has 1 fully saturated rings. The van der Waals surface area contributed by atoms with Crippen LogP contribution in [0.3, 0.4) is 0 Å². The van der Waals surface area contributed by atoms with E-state index < -0.39 is 0 Å². The second-order valence-corrected chi connectivity index (χ2v) is 6.71. The van der Waals surface area contributed by atoms with Gasteiger partial charge in [0.05, 0.1) is 32.1 Å². The Bertz CT molecular complexity index is 891. The van der Waals surface area contributed by atoms with Gasteiger partial charge in [-0.2, -0.15) is 9.61 Å². The van der Waals surface area contributed by atoms with Crippen LogP contribution in [0.2, 0.25) is 5.15 Å². The second kappa shape index (κ2) is 7.61. The number of hydrogen-bond acceptors (Lipinski definition) is 5. The lowest BCUT2D eigenvalue weighted by atomic mass is 10.2. The first kappa shape index (κ1) is 17.3. The summed E-state index contributed by atoms with van der Waals surface area (Å²) in [6.07, 6.45) is 0. The highest BCUT2D eigenvalue weighted by molar-refractivity contribution is 6.29. The van der Waals surface area contributed by atoms with E-state index in [1.54, 1.807) is 0 Å². The van der Waals surface area contributed by atoms with Crippen LogP contribution in [0.25, 0.3) is 5.65 Å². The number of fused-ring (bicyclic) bond motifs is 1. The standard InChI is InChI=1S/C19H21ClN4O2/c1-14-16(13-26-12-15-5-3-2-4-6-15)22-24-18(11-17(20)21-19(14)24)23-7-9-25-10-8-23/h2-6,11H,7-10,12-13H2,1H3. The van der Waals surface area contributed by atoms with Gasteiger partial charge in [0.1, 0.15) is 11.0 Å². The Kier molecular flexibility index (Phi) is 5.06. The Morgan fingerprint density at radius 1 is 1.15 bits per heavy atom. The van der Waals surface area contributed by atoms with E-state index in [4.69, 9.17) is 26.2 Å². The Morgan fingerprint density at radius 2 is 1.92 bits per heavy atom. The molecule has 1 saturated heterocycles. The molecule has 4 rings (SSSR count). The molecule has 26 heavy (non-hydrogen) atoms. The van der Waals surface area contributed by atoms with E-state index >= 15 is 0 Å². The molecule has 0 aliphatic carbocycles. The molecule has 2 aromatic heterocycles. The van der Waals surface area contributed by atoms with Gasteiger partial charge in [-0.25, -0.2) is 4.98 Å². The van der Waals surface area contributed by atoms with Crippen LogP contribution in [-0.4, -0.2) is 40.9 Å². The molecule has 1 aromatic carbocycles. The predicted octanol–water partition coefficient (Wildman–Crippen LogP) is 3.24. The minimum atomic E-state index is 0.435. The molecule has 0 amide bonds. The van der Waals surface area contributed by atoms with Gasteiger partial charge in [-0.3, -0.25) is 0 Å². The topological polar surface area (TPSA) is 51.9 Å². The number of anilines is 1. The highest BCUT2D eigenvalue weighted by Gasteiger charge is 2.19. The molecule has 3 heterocycles. The van der Waals surface area contributed by atoms with Crippen molar-refractivity contribution in [3.05, 3.63) is 58.4 Å². The smallest absolute Gasteiger partial charge is 0.162 e. The van der Waals surface area contributed by atoms with E-state index in [9.17, 15) is 0 Å². The van der Waals surface area contributed by atoms with E-state index in [0.717, 1.165) is 41.4 Å². The Morgan fingerprint density at radius 3 is 2.69 bits per heavy atom. The van der Waals surface area contributed by atoms with Crippen LogP contribution in [0, 0.1) is 6.92 Å². The fourth-order valence-corrected chi connectivity index (χ4v) is 3.30. The quantitative estimate of drug-likeness (QED) is 0.643. The molecule has 0 radical (unpaired) electrons. The van der Waals surface area contributed by atoms with Gasteiger partial charge in [-0.05, 0) is 12.5 Å². The summed E-state index contributed by atoms with van der Waals surface area (Å²) < 4.78 is 13.2. The third-order valence-corrected chi connectivity index (χ3v) is 4.75. The van der Waals surface area contributed by atoms with E-state index in [1.165, 1.54) is 0 Å². The number of rotatable bonds is 5. The van der Waals surface area contributed by atoms with Crippen LogP contribution in [0.1, 0.15) is 16.8 Å². The maximum absolute atomic E-state index is 6.27. The molecule has 0 atom stereocenters. The number of morpholine rings is 1. The van der Waals surface area contributed by atoms with Gasteiger partial charge < -0.3 is 14.4 Å². The van der Waals surface area contributed by atoms with Crippen LogP contribution in [0.4, 0.5) is 5.82 Å². The van der Waals surface area contributed by atoms with Crippen molar-refractivity contribution >= 4 is 23.1 Å². The van der Waals surface area contributed by atoms with Gasteiger partial charge >= 0.3 is 0 Å². The number of aryl methyl sites for hydroxylation is 1. The average molecular weight is 373 g/mol. The van der Waals surface area contributed by atoms with Gasteiger partial charge in [0.25, 0.3) is 0 Å². The number of aromatic nitrogens is 3. The maximum atomic E-state index is 6.27. The number of halogens is 1. The summed E-state index contributed by atoms with van der Waals surface area (Å²) in [6.45, 7) is 6.03. The minimum Gasteiger partial charge on any atom is -0.378 e. The zero-order valence-electron chi connectivity index (χ0n) is 14.7. The van der Waals surface area contributed by atoms with E-state index in [-0.39, 0.29) is 0 Å². The second-order valence-electron chi connectivity index (χ2n) is 6.32. The van der Waals surface area contributed by atoms with Crippen molar-refractivity contribution in [2.75, 3.05) is 31.2 Å². The number of benzene rings is 1. The summed E-state index contributed by atoms with van der Waals surface area (Å²) in [7, 11) is 0. The van der Waals surface area contributed by atoms with Gasteiger partial charge in [-0.1, -0.05) is 41.9 Å². The van der Waals surface area contributed by atoms with Crippen molar-refractivity contribution in [2.24, 2.45) is 0 Å². The Labute approximate surface area is 157 Å². The first-order valence-corrected chi connectivity index (χ1v) is 9.09. The fraction of sp³-hybridized carbons (Fsp3) is 0.368. The maximum Gasteiger partial charge on any atom is 0.162 e. The van der Waals surface area contributed by atoms with E-state index in [0.29, 0.717) is 31.6 Å². The SMILES string of the molecule is Cc1c(COCc2ccccc2)nn2c(N3CCOCC3)cc(Cl)nc12. The van der Waals surface area contributed by atoms with Gasteiger partial charge in [-0.15, -0.1) is 0 Å². The van der Waals surface area contributed by atoms with Gasteiger partial charge in [0.15, 0.2) is 5.65 Å². The molecule has 6 nitrogen and oxygen atoms in total. The molecule has 7 heteroatoms. The molecule has 1 aliphatic heterocycles. The summed E-state index contributed by atoms with van der Waals surface area (Å²) in [6, 6.07) is 12.0. The van der Waals surface area contributed by atoms with E-state index in [1.807, 2.05) is 47.8 Å². The monoisotopic (exact) mass is 372 g/mol. The Hall–Kier alpha value is -2.15. The molecule has 0 saturated carbocycles. The molecular weight excluding hydrogens is 352 g/mol. The largest absolute Gasteiger partial charge is 0.378 e. The predicted molar refractivity (Wildman–Crippen MR) is 101 cm³/mol. The molecule has 1 aliphatic rings. The molecule has 0 unspecified atom stereocenters. The average Bonchev–Trinajstić information content (AvgIpc) is 2.99. The third kappa shape index (κ3) is 3.53. The molecule has 0 bridgehead atoms. The van der Waals surface area contributed by atoms with Gasteiger partial charge in [0, 0.05) is 24.7 Å². The molecular formula is C19H21ClN4O2. The van der Waals surface area contributed by atoms with Crippen molar-refractivity contribution in [3.8, 4) is 0 Å². The van der Waals surface area contributed by atoms with Crippen molar-refractivity contribution in [2.45, 2.75) is 20.1 Å². The Balaban J connectivity index is 1.59. The lowest BCUT2D eigenvalue weighted by molar-refractivity contribution is 0.104. The normalized spacial score (nSPS) is 14.9. The molecule has 3 aromatic rings. The minimum absolute atomic E-state index is 0.435. The lowest BCUT2D eigenvalue weighted by Crippen LogP contribution is -2.37. The van der Waals surface area contributed by atoms with Crippen LogP contribution in [0.15, 0.2) is 36.4 Å². The fourth-order valence-electron chi connectivity index (χ4n) is 3.12. The molecule has 0 N–H and O–H groups in total. The highest BCUT2D eigenvalue weighted by Crippen LogP contribution is 2.25. The van der Waals surface area contributed by atoms with Crippen LogP contribution in [-0.2, 0) is 22.7 Å². The van der Waals surface area contributed by atoms with Crippen molar-refractivity contribution in [1.29, 1.82) is 0 Å². The summed E-state index contributed by atoms with van der Waals surface area (Å²) in [5.41, 5.74) is 3.79. The summed E-state index contributed by atoms with van der Waals surface area (Å²) in [5, 5.41) is 5.22. The summed E-state index contributed by atoms with van der Waals surface area (Å²) in [5.74, 6) is 0.945. The first-order chi connectivity index (χ1) is 12.7. The van der Waals surface area contributed by atoms with Crippen molar-refractivity contribution in [1.82, 2.24) is 14.6 Å². The number of ether oxygens (including phenoxy) is 2. The number of nitrogens with zero attached hydrogens (tertiary/aromatic N) is 4. The molecule has 0 spiro atoms.